The lowest BCUT2D eigenvalue weighted by atomic mass is 10.3. The highest BCUT2D eigenvalue weighted by molar-refractivity contribution is 5.41. The van der Waals surface area contributed by atoms with Gasteiger partial charge in [-0.2, -0.15) is 0 Å². The van der Waals surface area contributed by atoms with Crippen molar-refractivity contribution in [1.82, 2.24) is 19.5 Å². The van der Waals surface area contributed by atoms with Crippen LogP contribution in [0.25, 0.3) is 0 Å². The number of imidazole rings is 1. The molecule has 2 rings (SSSR count). The summed E-state index contributed by atoms with van der Waals surface area (Å²) in [5.41, 5.74) is 2.46. The quantitative estimate of drug-likeness (QED) is 0.513. The number of nitrogens with one attached hydrogen (secondary N) is 2. The van der Waals surface area contributed by atoms with Gasteiger partial charge in [-0.15, -0.1) is 0 Å². The zero-order chi connectivity index (χ0) is 12.1. The summed E-state index contributed by atoms with van der Waals surface area (Å²) >= 11 is 0. The molecular weight excluding hydrogens is 218 g/mol. The van der Waals surface area contributed by atoms with E-state index in [2.05, 4.69) is 32.6 Å². The molecule has 0 fully saturated rings. The summed E-state index contributed by atoms with van der Waals surface area (Å²) in [7, 11) is 0. The number of nitrogen functional groups attached to an aromatic ring is 1. The van der Waals surface area contributed by atoms with Gasteiger partial charge in [0, 0.05) is 25.0 Å². The summed E-state index contributed by atoms with van der Waals surface area (Å²) < 4.78 is 2.00. The second-order valence-electron chi connectivity index (χ2n) is 3.74. The maximum absolute atomic E-state index is 5.27. The van der Waals surface area contributed by atoms with Crippen LogP contribution in [0.4, 0.5) is 11.6 Å². The Labute approximate surface area is 99.1 Å². The third kappa shape index (κ3) is 3.15. The van der Waals surface area contributed by atoms with Crippen molar-refractivity contribution in [2.45, 2.75) is 19.5 Å². The van der Waals surface area contributed by atoms with Gasteiger partial charge in [0.2, 0.25) is 0 Å². The van der Waals surface area contributed by atoms with Crippen molar-refractivity contribution in [2.75, 3.05) is 10.7 Å². The molecule has 0 saturated carbocycles. The second kappa shape index (κ2) is 5.26. The molecule has 0 aliphatic carbocycles. The lowest BCUT2D eigenvalue weighted by Crippen LogP contribution is -2.22. The normalized spacial score (nSPS) is 12.1. The van der Waals surface area contributed by atoms with Crippen LogP contribution in [0.3, 0.4) is 0 Å². The van der Waals surface area contributed by atoms with E-state index >= 15 is 0 Å². The Morgan fingerprint density at radius 1 is 1.35 bits per heavy atom. The zero-order valence-corrected chi connectivity index (χ0v) is 9.54. The van der Waals surface area contributed by atoms with Crippen LogP contribution in [0.15, 0.2) is 31.1 Å². The van der Waals surface area contributed by atoms with Gasteiger partial charge in [0.15, 0.2) is 5.82 Å². The van der Waals surface area contributed by atoms with Crippen molar-refractivity contribution in [3.8, 4) is 0 Å². The Bertz CT molecular complexity index is 453. The minimum absolute atomic E-state index is 0.214. The van der Waals surface area contributed by atoms with E-state index in [9.17, 15) is 0 Å². The predicted molar refractivity (Wildman–Crippen MR) is 65.2 cm³/mol. The maximum atomic E-state index is 5.27. The monoisotopic (exact) mass is 233 g/mol. The first kappa shape index (κ1) is 11.3. The molecule has 1 unspecified atom stereocenters. The third-order valence-corrected chi connectivity index (χ3v) is 2.22. The Kier molecular flexibility index (Phi) is 3.51. The van der Waals surface area contributed by atoms with Crippen LogP contribution >= 0.6 is 0 Å². The van der Waals surface area contributed by atoms with Crippen LogP contribution in [0, 0.1) is 0 Å². The Morgan fingerprint density at radius 2 is 2.18 bits per heavy atom. The summed E-state index contributed by atoms with van der Waals surface area (Å²) in [5.74, 6) is 6.49. The van der Waals surface area contributed by atoms with E-state index in [-0.39, 0.29) is 6.04 Å². The number of hydrogen-bond donors (Lipinski definition) is 3. The van der Waals surface area contributed by atoms with Crippen molar-refractivity contribution in [1.29, 1.82) is 0 Å². The summed E-state index contributed by atoms with van der Waals surface area (Å²) in [6, 6.07) is 0.214. The summed E-state index contributed by atoms with van der Waals surface area (Å²) in [6.07, 6.45) is 8.67. The van der Waals surface area contributed by atoms with Gasteiger partial charge in [0.05, 0.1) is 18.7 Å². The first-order valence-corrected chi connectivity index (χ1v) is 5.29. The first-order chi connectivity index (χ1) is 8.28. The van der Waals surface area contributed by atoms with Crippen LogP contribution in [0.5, 0.6) is 0 Å². The second-order valence-corrected chi connectivity index (χ2v) is 3.74. The average molecular weight is 233 g/mol. The van der Waals surface area contributed by atoms with E-state index in [0.29, 0.717) is 11.6 Å². The van der Waals surface area contributed by atoms with E-state index in [0.717, 1.165) is 6.54 Å². The van der Waals surface area contributed by atoms with E-state index in [1.54, 1.807) is 24.9 Å². The number of rotatable bonds is 5. The molecule has 0 aromatic carbocycles. The lowest BCUT2D eigenvalue weighted by molar-refractivity contribution is 0.617. The molecule has 0 spiro atoms. The van der Waals surface area contributed by atoms with Gasteiger partial charge in [0.25, 0.3) is 0 Å². The van der Waals surface area contributed by atoms with Crippen molar-refractivity contribution in [3.63, 3.8) is 0 Å². The smallest absolute Gasteiger partial charge is 0.160 e. The van der Waals surface area contributed by atoms with Gasteiger partial charge in [0.1, 0.15) is 5.82 Å². The number of anilines is 2. The van der Waals surface area contributed by atoms with Crippen LogP contribution in [0.2, 0.25) is 0 Å². The lowest BCUT2D eigenvalue weighted by Gasteiger charge is -2.15. The maximum Gasteiger partial charge on any atom is 0.160 e. The molecule has 7 nitrogen and oxygen atoms in total. The van der Waals surface area contributed by atoms with E-state index in [4.69, 9.17) is 5.84 Å². The van der Waals surface area contributed by atoms with Gasteiger partial charge in [-0.05, 0) is 6.92 Å². The molecule has 2 heterocycles. The van der Waals surface area contributed by atoms with E-state index < -0.39 is 0 Å². The molecule has 7 heteroatoms. The Balaban J connectivity index is 1.95. The molecule has 0 amide bonds. The topological polar surface area (TPSA) is 93.7 Å². The van der Waals surface area contributed by atoms with Crippen LogP contribution in [-0.2, 0) is 6.54 Å². The summed E-state index contributed by atoms with van der Waals surface area (Å²) in [6.45, 7) is 2.87. The minimum Gasteiger partial charge on any atom is -0.364 e. The first-order valence-electron chi connectivity index (χ1n) is 5.29. The molecule has 0 bridgehead atoms. The largest absolute Gasteiger partial charge is 0.364 e. The molecule has 2 aromatic heterocycles. The SMILES string of the molecule is CC(Cn1ccnc1)Nc1cncc(NN)n1. The third-order valence-electron chi connectivity index (χ3n) is 2.22. The van der Waals surface area contributed by atoms with Gasteiger partial charge in [-0.25, -0.2) is 15.8 Å². The van der Waals surface area contributed by atoms with E-state index in [1.807, 2.05) is 10.8 Å². The fourth-order valence-corrected chi connectivity index (χ4v) is 1.51. The highest BCUT2D eigenvalue weighted by Gasteiger charge is 2.04. The molecule has 0 aliphatic heterocycles. The van der Waals surface area contributed by atoms with Crippen molar-refractivity contribution in [3.05, 3.63) is 31.1 Å². The number of aromatic nitrogens is 4. The summed E-state index contributed by atoms with van der Waals surface area (Å²) in [5, 5.41) is 3.24. The van der Waals surface area contributed by atoms with Crippen LogP contribution in [-0.4, -0.2) is 25.6 Å². The molecule has 4 N–H and O–H groups in total. The number of nitrogens with zero attached hydrogens (tertiary/aromatic N) is 4. The predicted octanol–water partition coefficient (Wildman–Crippen LogP) is 0.459. The standard InChI is InChI=1S/C10H15N7/c1-8(6-17-3-2-12-7-17)14-9-4-13-5-10(15-9)16-11/h2-5,7-8H,6,11H2,1H3,(H2,14,15,16). The molecule has 90 valence electrons. The van der Waals surface area contributed by atoms with Gasteiger partial charge < -0.3 is 15.3 Å². The fraction of sp³-hybridized carbons (Fsp3) is 0.300. The zero-order valence-electron chi connectivity index (χ0n) is 9.54. The number of nitrogens with two attached hydrogens (primary N) is 1. The van der Waals surface area contributed by atoms with Crippen molar-refractivity contribution >= 4 is 11.6 Å². The Hall–Kier alpha value is -2.15. The molecule has 0 saturated heterocycles. The highest BCUT2D eigenvalue weighted by atomic mass is 15.3. The van der Waals surface area contributed by atoms with E-state index in [1.165, 1.54) is 0 Å². The average Bonchev–Trinajstić information content (AvgIpc) is 2.82. The van der Waals surface area contributed by atoms with Gasteiger partial charge in [-0.3, -0.25) is 4.98 Å². The Morgan fingerprint density at radius 3 is 2.88 bits per heavy atom. The summed E-state index contributed by atoms with van der Waals surface area (Å²) in [4.78, 5) is 12.2. The molecule has 17 heavy (non-hydrogen) atoms. The number of hydrogen-bond acceptors (Lipinski definition) is 6. The molecule has 2 aromatic rings. The minimum atomic E-state index is 0.214. The fourth-order valence-electron chi connectivity index (χ4n) is 1.51. The van der Waals surface area contributed by atoms with Crippen molar-refractivity contribution in [2.24, 2.45) is 5.84 Å². The van der Waals surface area contributed by atoms with Crippen molar-refractivity contribution < 1.29 is 0 Å². The van der Waals surface area contributed by atoms with Crippen LogP contribution < -0.4 is 16.6 Å². The van der Waals surface area contributed by atoms with Gasteiger partial charge in [-0.1, -0.05) is 0 Å². The molecule has 0 aliphatic rings. The van der Waals surface area contributed by atoms with Crippen LogP contribution in [0.1, 0.15) is 6.92 Å². The number of hydrazine groups is 1. The molecule has 1 atom stereocenters. The molecular formula is C10H15N7. The molecule has 0 radical (unpaired) electrons. The highest BCUT2D eigenvalue weighted by Crippen LogP contribution is 2.07. The van der Waals surface area contributed by atoms with Gasteiger partial charge >= 0.3 is 0 Å².